The van der Waals surface area contributed by atoms with E-state index >= 15 is 0 Å². The van der Waals surface area contributed by atoms with Crippen LogP contribution in [-0.4, -0.2) is 47.7 Å². The lowest BCUT2D eigenvalue weighted by Crippen LogP contribution is -2.52. The molecule has 1 saturated heterocycles. The molecule has 1 fully saturated rings. The second-order valence-corrected chi connectivity index (χ2v) is 4.85. The average molecular weight is 314 g/mol. The van der Waals surface area contributed by atoms with Gasteiger partial charge in [0.05, 0.1) is 13.2 Å². The van der Waals surface area contributed by atoms with E-state index in [9.17, 15) is 9.59 Å². The van der Waals surface area contributed by atoms with Crippen LogP contribution in [0, 0.1) is 0 Å². The Morgan fingerprint density at radius 3 is 2.61 bits per heavy atom. The molecule has 0 spiro atoms. The van der Waals surface area contributed by atoms with Crippen LogP contribution in [0.4, 0.5) is 0 Å². The first-order valence-corrected chi connectivity index (χ1v) is 6.26. The van der Waals surface area contributed by atoms with Gasteiger partial charge in [0.1, 0.15) is 0 Å². The minimum atomic E-state index is -1.04. The van der Waals surface area contributed by atoms with Gasteiger partial charge in [0.2, 0.25) is 0 Å². The maximum atomic E-state index is 12.2. The summed E-state index contributed by atoms with van der Waals surface area (Å²) < 4.78 is 5.97. The number of carbonyl (C=O) groups excluding carboxylic acids is 1. The van der Waals surface area contributed by atoms with Gasteiger partial charge in [0, 0.05) is 16.6 Å². The normalized spacial score (nSPS) is 19.6. The molecule has 1 heterocycles. The second-order valence-electron chi connectivity index (χ2n) is 3.93. The molecule has 1 amide bonds. The molecule has 96 valence electrons. The van der Waals surface area contributed by atoms with Gasteiger partial charge < -0.3 is 14.7 Å². The predicted octanol–water partition coefficient (Wildman–Crippen LogP) is 1.37. The van der Waals surface area contributed by atoms with Crippen LogP contribution >= 0.6 is 15.9 Å². The summed E-state index contributed by atoms with van der Waals surface area (Å²) in [5.41, 5.74) is 0.478. The van der Waals surface area contributed by atoms with Crippen molar-refractivity contribution in [3.8, 4) is 0 Å². The smallest absolute Gasteiger partial charge is 0.328 e. The fourth-order valence-corrected chi connectivity index (χ4v) is 2.07. The molecule has 2 rings (SSSR count). The van der Waals surface area contributed by atoms with Crippen molar-refractivity contribution in [1.29, 1.82) is 0 Å². The molecule has 5 nitrogen and oxygen atoms in total. The molecule has 0 bridgehead atoms. The number of amides is 1. The molecular formula is C12H12BrNO4. The Bertz CT molecular complexity index is 460. The van der Waals surface area contributed by atoms with E-state index in [0.29, 0.717) is 18.7 Å². The number of hydrogen-bond donors (Lipinski definition) is 1. The van der Waals surface area contributed by atoms with Crippen LogP contribution in [0.5, 0.6) is 0 Å². The minimum Gasteiger partial charge on any atom is -0.480 e. The summed E-state index contributed by atoms with van der Waals surface area (Å²) in [6.07, 6.45) is 0. The van der Waals surface area contributed by atoms with E-state index in [4.69, 9.17) is 9.84 Å². The molecule has 1 aliphatic heterocycles. The number of nitrogens with zero attached hydrogens (tertiary/aromatic N) is 1. The summed E-state index contributed by atoms with van der Waals surface area (Å²) in [7, 11) is 0. The van der Waals surface area contributed by atoms with Gasteiger partial charge in [-0.05, 0) is 24.3 Å². The molecular weight excluding hydrogens is 302 g/mol. The number of carbonyl (C=O) groups is 2. The molecule has 1 atom stereocenters. The maximum Gasteiger partial charge on any atom is 0.328 e. The lowest BCUT2D eigenvalue weighted by Gasteiger charge is -2.32. The van der Waals surface area contributed by atoms with Gasteiger partial charge in [-0.25, -0.2) is 4.79 Å². The number of hydrogen-bond acceptors (Lipinski definition) is 3. The molecule has 1 aromatic carbocycles. The molecule has 1 N–H and O–H groups in total. The predicted molar refractivity (Wildman–Crippen MR) is 67.4 cm³/mol. The number of ether oxygens (including phenoxy) is 1. The monoisotopic (exact) mass is 313 g/mol. The Morgan fingerprint density at radius 1 is 1.33 bits per heavy atom. The zero-order valence-corrected chi connectivity index (χ0v) is 11.1. The number of carboxylic acid groups (broad SMARTS) is 1. The van der Waals surface area contributed by atoms with Crippen molar-refractivity contribution >= 4 is 27.8 Å². The van der Waals surface area contributed by atoms with E-state index in [1.165, 1.54) is 4.90 Å². The zero-order chi connectivity index (χ0) is 13.1. The average Bonchev–Trinajstić information content (AvgIpc) is 2.39. The first kappa shape index (κ1) is 13.0. The van der Waals surface area contributed by atoms with Gasteiger partial charge in [-0.2, -0.15) is 0 Å². The van der Waals surface area contributed by atoms with E-state index in [1.54, 1.807) is 24.3 Å². The highest BCUT2D eigenvalue weighted by Crippen LogP contribution is 2.15. The largest absolute Gasteiger partial charge is 0.480 e. The van der Waals surface area contributed by atoms with Crippen LogP contribution in [0.15, 0.2) is 28.7 Å². The molecule has 6 heteroatoms. The third-order valence-electron chi connectivity index (χ3n) is 2.77. The van der Waals surface area contributed by atoms with E-state index in [2.05, 4.69) is 15.9 Å². The number of aliphatic carboxylic acids is 1. The number of halogens is 1. The van der Waals surface area contributed by atoms with Crippen molar-refractivity contribution in [2.45, 2.75) is 6.04 Å². The Hall–Kier alpha value is -1.40. The van der Waals surface area contributed by atoms with Crippen molar-refractivity contribution in [1.82, 2.24) is 4.90 Å². The summed E-state index contributed by atoms with van der Waals surface area (Å²) in [4.78, 5) is 24.6. The fraction of sp³-hybridized carbons (Fsp3) is 0.333. The Morgan fingerprint density at radius 2 is 2.00 bits per heavy atom. The molecule has 1 unspecified atom stereocenters. The lowest BCUT2D eigenvalue weighted by atomic mass is 10.1. The van der Waals surface area contributed by atoms with Crippen LogP contribution in [0.2, 0.25) is 0 Å². The Balaban J connectivity index is 2.20. The van der Waals surface area contributed by atoms with Crippen LogP contribution in [0.25, 0.3) is 0 Å². The number of benzene rings is 1. The number of morpholine rings is 1. The van der Waals surface area contributed by atoms with Gasteiger partial charge in [-0.3, -0.25) is 4.79 Å². The lowest BCUT2D eigenvalue weighted by molar-refractivity contribution is -0.147. The van der Waals surface area contributed by atoms with Crippen molar-refractivity contribution < 1.29 is 19.4 Å². The molecule has 1 aliphatic rings. The van der Waals surface area contributed by atoms with Crippen LogP contribution in [-0.2, 0) is 9.53 Å². The van der Waals surface area contributed by atoms with E-state index < -0.39 is 12.0 Å². The van der Waals surface area contributed by atoms with Crippen molar-refractivity contribution in [2.75, 3.05) is 19.8 Å². The summed E-state index contributed by atoms with van der Waals surface area (Å²) in [6.45, 7) is 0.704. The minimum absolute atomic E-state index is 0.0393. The first-order valence-electron chi connectivity index (χ1n) is 5.46. The highest BCUT2D eigenvalue weighted by Gasteiger charge is 2.33. The third-order valence-corrected chi connectivity index (χ3v) is 3.29. The van der Waals surface area contributed by atoms with Gasteiger partial charge in [-0.15, -0.1) is 0 Å². The third kappa shape index (κ3) is 2.70. The maximum absolute atomic E-state index is 12.2. The Kier molecular flexibility index (Phi) is 3.98. The molecule has 0 aromatic heterocycles. The number of rotatable bonds is 2. The molecule has 0 radical (unpaired) electrons. The summed E-state index contributed by atoms with van der Waals surface area (Å²) in [5, 5.41) is 9.07. The zero-order valence-electron chi connectivity index (χ0n) is 9.51. The second kappa shape index (κ2) is 5.49. The molecule has 0 aliphatic carbocycles. The molecule has 18 heavy (non-hydrogen) atoms. The number of carboxylic acids is 1. The van der Waals surface area contributed by atoms with E-state index in [0.717, 1.165) is 4.47 Å². The standard InChI is InChI=1S/C12H12BrNO4/c13-9-3-1-8(2-4-9)11(15)14-5-6-18-7-10(14)12(16)17/h1-4,10H,5-7H2,(H,16,17). The summed E-state index contributed by atoms with van der Waals surface area (Å²) >= 11 is 3.29. The van der Waals surface area contributed by atoms with Gasteiger partial charge in [0.25, 0.3) is 5.91 Å². The van der Waals surface area contributed by atoms with Gasteiger partial charge in [-0.1, -0.05) is 15.9 Å². The van der Waals surface area contributed by atoms with Crippen LogP contribution in [0.3, 0.4) is 0 Å². The van der Waals surface area contributed by atoms with E-state index in [1.807, 2.05) is 0 Å². The SMILES string of the molecule is O=C(O)C1COCCN1C(=O)c1ccc(Br)cc1. The van der Waals surface area contributed by atoms with Gasteiger partial charge >= 0.3 is 5.97 Å². The fourth-order valence-electron chi connectivity index (χ4n) is 1.81. The summed E-state index contributed by atoms with van der Waals surface area (Å²) in [5.74, 6) is -1.32. The van der Waals surface area contributed by atoms with E-state index in [-0.39, 0.29) is 12.5 Å². The quantitative estimate of drug-likeness (QED) is 0.895. The van der Waals surface area contributed by atoms with Crippen molar-refractivity contribution in [3.63, 3.8) is 0 Å². The summed E-state index contributed by atoms with van der Waals surface area (Å²) in [6, 6.07) is 5.93. The van der Waals surface area contributed by atoms with Gasteiger partial charge in [0.15, 0.2) is 6.04 Å². The van der Waals surface area contributed by atoms with Crippen LogP contribution in [0.1, 0.15) is 10.4 Å². The first-order chi connectivity index (χ1) is 8.59. The highest BCUT2D eigenvalue weighted by atomic mass is 79.9. The van der Waals surface area contributed by atoms with Crippen molar-refractivity contribution in [2.24, 2.45) is 0 Å². The van der Waals surface area contributed by atoms with Crippen molar-refractivity contribution in [3.05, 3.63) is 34.3 Å². The molecule has 1 aromatic rings. The molecule has 0 saturated carbocycles. The topological polar surface area (TPSA) is 66.8 Å². The van der Waals surface area contributed by atoms with Crippen LogP contribution < -0.4 is 0 Å². The highest BCUT2D eigenvalue weighted by molar-refractivity contribution is 9.10. The Labute approximate surface area is 112 Å².